The van der Waals surface area contributed by atoms with Gasteiger partial charge in [0.25, 0.3) is 0 Å². The molecule has 37 heavy (non-hydrogen) atoms. The molecule has 5 nitrogen and oxygen atoms in total. The smallest absolute Gasteiger partial charge is 0.160 e. The zero-order valence-electron chi connectivity index (χ0n) is 22.7. The number of aryl methyl sites for hydroxylation is 3. The van der Waals surface area contributed by atoms with E-state index in [0.717, 1.165) is 48.2 Å². The van der Waals surface area contributed by atoms with Gasteiger partial charge in [-0.1, -0.05) is 49.8 Å². The van der Waals surface area contributed by atoms with Crippen molar-refractivity contribution in [1.82, 2.24) is 24.3 Å². The van der Waals surface area contributed by atoms with Crippen LogP contribution in [0.1, 0.15) is 67.2 Å². The van der Waals surface area contributed by atoms with Crippen molar-refractivity contribution in [3.8, 4) is 0 Å². The van der Waals surface area contributed by atoms with Crippen molar-refractivity contribution in [1.29, 1.82) is 0 Å². The third-order valence-corrected chi connectivity index (χ3v) is 7.88. The number of aromatic nitrogens is 3. The number of piperidine rings is 2. The molecule has 202 valence electrons. The second kappa shape index (κ2) is 13.7. The monoisotopic (exact) mass is 543 g/mol. The van der Waals surface area contributed by atoms with Crippen molar-refractivity contribution in [3.63, 3.8) is 0 Å². The molecule has 5 rings (SSSR count). The Hall–Kier alpha value is -1.92. The van der Waals surface area contributed by atoms with Crippen LogP contribution in [0.3, 0.4) is 0 Å². The van der Waals surface area contributed by atoms with E-state index in [4.69, 9.17) is 9.97 Å². The van der Waals surface area contributed by atoms with Gasteiger partial charge in [-0.05, 0) is 88.5 Å². The minimum Gasteiger partial charge on any atom is -0.308 e. The van der Waals surface area contributed by atoms with Crippen molar-refractivity contribution in [3.05, 3.63) is 64.6 Å². The van der Waals surface area contributed by atoms with Gasteiger partial charge in [0.15, 0.2) is 5.65 Å². The van der Waals surface area contributed by atoms with Crippen molar-refractivity contribution >= 4 is 42.1 Å². The Morgan fingerprint density at radius 3 is 2.30 bits per heavy atom. The van der Waals surface area contributed by atoms with E-state index in [2.05, 4.69) is 77.6 Å². The molecule has 0 N–H and O–H groups in total. The van der Waals surface area contributed by atoms with Crippen LogP contribution < -0.4 is 0 Å². The summed E-state index contributed by atoms with van der Waals surface area (Å²) < 4.78 is 2.29. The molecule has 0 unspecified atom stereocenters. The van der Waals surface area contributed by atoms with Crippen LogP contribution >= 0.6 is 24.8 Å². The minimum absolute atomic E-state index is 0. The number of imidazole rings is 1. The summed E-state index contributed by atoms with van der Waals surface area (Å²) in [5, 5.41) is 0. The summed E-state index contributed by atoms with van der Waals surface area (Å²) in [7, 11) is 0. The lowest BCUT2D eigenvalue weighted by atomic mass is 10.00. The van der Waals surface area contributed by atoms with Crippen molar-refractivity contribution in [2.24, 2.45) is 0 Å². The average molecular weight is 545 g/mol. The zero-order chi connectivity index (χ0) is 24.2. The fraction of sp³-hybridized carbons (Fsp3) is 0.533. The maximum Gasteiger partial charge on any atom is 0.160 e. The summed E-state index contributed by atoms with van der Waals surface area (Å²) in [5.41, 5.74) is 6.86. The molecule has 2 saturated heterocycles. The van der Waals surface area contributed by atoms with E-state index in [-0.39, 0.29) is 24.8 Å². The fourth-order valence-corrected chi connectivity index (χ4v) is 5.89. The van der Waals surface area contributed by atoms with Crippen LogP contribution in [0.25, 0.3) is 17.2 Å². The van der Waals surface area contributed by atoms with Gasteiger partial charge in [-0.3, -0.25) is 4.90 Å². The molecule has 3 aromatic rings. The van der Waals surface area contributed by atoms with Gasteiger partial charge in [-0.15, -0.1) is 24.8 Å². The lowest BCUT2D eigenvalue weighted by Gasteiger charge is -2.40. The van der Waals surface area contributed by atoms with Crippen LogP contribution in [-0.2, 0) is 13.0 Å². The number of hydrogen-bond donors (Lipinski definition) is 0. The highest BCUT2D eigenvalue weighted by Gasteiger charge is 2.24. The summed E-state index contributed by atoms with van der Waals surface area (Å²) in [5.74, 6) is 1.11. The van der Waals surface area contributed by atoms with Gasteiger partial charge in [-0.25, -0.2) is 9.97 Å². The van der Waals surface area contributed by atoms with Crippen LogP contribution in [-0.4, -0.2) is 63.1 Å². The van der Waals surface area contributed by atoms with Gasteiger partial charge < -0.3 is 9.47 Å². The highest BCUT2D eigenvalue weighted by atomic mass is 35.5. The molecule has 0 bridgehead atoms. The number of hydrogen-bond acceptors (Lipinski definition) is 4. The predicted molar refractivity (Wildman–Crippen MR) is 160 cm³/mol. The van der Waals surface area contributed by atoms with E-state index in [1.165, 1.54) is 75.0 Å². The minimum atomic E-state index is 0. The van der Waals surface area contributed by atoms with Gasteiger partial charge in [-0.2, -0.15) is 0 Å². The molecule has 0 spiro atoms. The molecule has 0 saturated carbocycles. The highest BCUT2D eigenvalue weighted by Crippen LogP contribution is 2.22. The van der Waals surface area contributed by atoms with E-state index in [1.54, 1.807) is 0 Å². The first-order valence-corrected chi connectivity index (χ1v) is 13.7. The topological polar surface area (TPSA) is 37.2 Å². The number of fused-ring (bicyclic) bond motifs is 1. The lowest BCUT2D eigenvalue weighted by Crippen LogP contribution is -2.46. The van der Waals surface area contributed by atoms with E-state index in [9.17, 15) is 0 Å². The van der Waals surface area contributed by atoms with Gasteiger partial charge >= 0.3 is 0 Å². The third-order valence-electron chi connectivity index (χ3n) is 7.88. The lowest BCUT2D eigenvalue weighted by molar-refractivity contribution is 0.0975. The molecule has 0 radical (unpaired) electrons. The second-order valence-electron chi connectivity index (χ2n) is 10.5. The van der Waals surface area contributed by atoms with Gasteiger partial charge in [0.05, 0.1) is 6.54 Å². The molecule has 1 aromatic carbocycles. The number of nitrogens with zero attached hydrogens (tertiary/aromatic N) is 5. The summed E-state index contributed by atoms with van der Waals surface area (Å²) in [4.78, 5) is 15.1. The van der Waals surface area contributed by atoms with Gasteiger partial charge in [0.2, 0.25) is 0 Å². The summed E-state index contributed by atoms with van der Waals surface area (Å²) >= 11 is 0. The van der Waals surface area contributed by atoms with E-state index in [0.29, 0.717) is 0 Å². The summed E-state index contributed by atoms with van der Waals surface area (Å²) in [6, 6.07) is 11.9. The number of halogens is 2. The molecule has 0 atom stereocenters. The summed E-state index contributed by atoms with van der Waals surface area (Å²) in [6.07, 6.45) is 12.4. The van der Waals surface area contributed by atoms with Crippen molar-refractivity contribution in [2.45, 2.75) is 71.9 Å². The summed E-state index contributed by atoms with van der Waals surface area (Å²) in [6.45, 7) is 13.3. The Labute approximate surface area is 235 Å². The maximum absolute atomic E-state index is 4.88. The standard InChI is InChI=1S/C30H41N5.2ClH/c1-4-28-32-29-23(2)21-24(3)31-30(29)35(28)22-26-12-10-25(11-13-26)9-8-16-33-19-14-27(15-20-33)34-17-6-5-7-18-34;;/h8-13,21,27H,4-7,14-20,22H2,1-3H3;2*1H/b9-8+;;. The molecule has 2 aromatic heterocycles. The molecule has 4 heterocycles. The quantitative estimate of drug-likeness (QED) is 0.342. The van der Waals surface area contributed by atoms with Crippen LogP contribution in [0.4, 0.5) is 0 Å². The fourth-order valence-electron chi connectivity index (χ4n) is 5.89. The average Bonchev–Trinajstić information content (AvgIpc) is 3.23. The largest absolute Gasteiger partial charge is 0.308 e. The number of pyridine rings is 1. The zero-order valence-corrected chi connectivity index (χ0v) is 24.3. The SMILES string of the molecule is CCc1nc2c(C)cc(C)nc2n1Cc1ccc(/C=C/CN2CCC(N3CCCCC3)CC2)cc1.Cl.Cl. The molecule has 7 heteroatoms. The van der Waals surface area contributed by atoms with Crippen LogP contribution in [0.5, 0.6) is 0 Å². The van der Waals surface area contributed by atoms with Crippen molar-refractivity contribution < 1.29 is 0 Å². The first kappa shape index (κ1) is 29.6. The van der Waals surface area contributed by atoms with Crippen LogP contribution in [0, 0.1) is 13.8 Å². The number of rotatable bonds is 7. The first-order valence-electron chi connectivity index (χ1n) is 13.7. The molecule has 2 fully saturated rings. The Kier molecular flexibility index (Phi) is 11.0. The number of likely N-dealkylation sites (tertiary alicyclic amines) is 2. The highest BCUT2D eigenvalue weighted by molar-refractivity contribution is 5.85. The molecule has 2 aliphatic heterocycles. The Balaban J connectivity index is 0.00000190. The van der Waals surface area contributed by atoms with E-state index >= 15 is 0 Å². The first-order chi connectivity index (χ1) is 17.1. The van der Waals surface area contributed by atoms with Crippen LogP contribution in [0.15, 0.2) is 36.4 Å². The Morgan fingerprint density at radius 1 is 0.919 bits per heavy atom. The number of benzene rings is 1. The predicted octanol–water partition coefficient (Wildman–Crippen LogP) is 6.47. The molecular weight excluding hydrogens is 501 g/mol. The van der Waals surface area contributed by atoms with E-state index < -0.39 is 0 Å². The molecule has 2 aliphatic rings. The van der Waals surface area contributed by atoms with Crippen molar-refractivity contribution in [2.75, 3.05) is 32.7 Å². The Morgan fingerprint density at radius 2 is 1.62 bits per heavy atom. The van der Waals surface area contributed by atoms with Gasteiger partial charge in [0.1, 0.15) is 11.3 Å². The van der Waals surface area contributed by atoms with E-state index in [1.807, 2.05) is 0 Å². The van der Waals surface area contributed by atoms with Crippen LogP contribution in [0.2, 0.25) is 0 Å². The maximum atomic E-state index is 4.88. The van der Waals surface area contributed by atoms with Gasteiger partial charge in [0, 0.05) is 24.7 Å². The molecular formula is C30H43Cl2N5. The third kappa shape index (κ3) is 7.14. The Bertz CT molecular complexity index is 1160. The molecule has 0 aliphatic carbocycles. The molecule has 0 amide bonds. The normalized spacial score (nSPS) is 17.7. The second-order valence-corrected chi connectivity index (χ2v) is 10.5.